The van der Waals surface area contributed by atoms with Gasteiger partial charge in [0, 0.05) is 27.8 Å². The van der Waals surface area contributed by atoms with Crippen LogP contribution in [0.5, 0.6) is 0 Å². The lowest BCUT2D eigenvalue weighted by Gasteiger charge is -2.25. The average Bonchev–Trinajstić information content (AvgIpc) is 2.49. The molecule has 0 saturated heterocycles. The Bertz CT molecular complexity index is 761. The molecule has 1 aromatic heterocycles. The number of carbonyl (C=O) groups excluding carboxylic acids is 1. The summed E-state index contributed by atoms with van der Waals surface area (Å²) in [5.41, 5.74) is 6.60. The van der Waals surface area contributed by atoms with E-state index in [4.69, 9.17) is 5.73 Å². The lowest BCUT2D eigenvalue weighted by Crippen LogP contribution is -2.28. The maximum Gasteiger partial charge on any atom is 0.259 e. The molecule has 0 bridgehead atoms. The Labute approximate surface area is 137 Å². The predicted molar refractivity (Wildman–Crippen MR) is 91.1 cm³/mol. The minimum absolute atomic E-state index is 0.0661. The number of nitrogens with two attached hydrogens (primary N) is 1. The lowest BCUT2D eigenvalue weighted by atomic mass is 9.83. The number of H-pyrrole nitrogens is 1. The third-order valence-electron chi connectivity index (χ3n) is 4.47. The first-order valence-corrected chi connectivity index (χ1v) is 8.43. The van der Waals surface area contributed by atoms with Crippen LogP contribution in [0.2, 0.25) is 0 Å². The molecule has 2 aromatic rings. The number of aromatic amines is 1. The number of pyridine rings is 1. The van der Waals surface area contributed by atoms with Crippen LogP contribution in [-0.4, -0.2) is 16.8 Å². The molecular weight excluding hydrogens is 344 g/mol. The molecule has 1 aliphatic rings. The van der Waals surface area contributed by atoms with Gasteiger partial charge >= 0.3 is 0 Å². The number of ketones is 1. The van der Waals surface area contributed by atoms with Gasteiger partial charge in [-0.15, -0.1) is 0 Å². The number of nitrogens with one attached hydrogen (secondary N) is 1. The number of rotatable bonds is 3. The van der Waals surface area contributed by atoms with Crippen molar-refractivity contribution in [1.82, 2.24) is 4.98 Å². The van der Waals surface area contributed by atoms with E-state index >= 15 is 0 Å². The Hall–Kier alpha value is -1.46. The highest BCUT2D eigenvalue weighted by Gasteiger charge is 2.22. The second-order valence-electron chi connectivity index (χ2n) is 6.15. The van der Waals surface area contributed by atoms with E-state index in [2.05, 4.69) is 20.9 Å². The van der Waals surface area contributed by atoms with E-state index in [1.165, 1.54) is 0 Å². The maximum absolute atomic E-state index is 12.5. The van der Waals surface area contributed by atoms with Gasteiger partial charge in [0.15, 0.2) is 5.78 Å². The third-order valence-corrected chi connectivity index (χ3v) is 4.97. The Morgan fingerprint density at radius 3 is 2.68 bits per heavy atom. The molecule has 5 heteroatoms. The summed E-state index contributed by atoms with van der Waals surface area (Å²) < 4.78 is 0.923. The van der Waals surface area contributed by atoms with Crippen molar-refractivity contribution in [3.05, 3.63) is 44.7 Å². The lowest BCUT2D eigenvalue weighted by molar-refractivity contribution is 0.0946. The second-order valence-corrected chi connectivity index (χ2v) is 7.07. The minimum atomic E-state index is -0.299. The van der Waals surface area contributed by atoms with E-state index < -0.39 is 0 Å². The van der Waals surface area contributed by atoms with Crippen molar-refractivity contribution in [2.45, 2.75) is 38.1 Å². The van der Waals surface area contributed by atoms with Crippen molar-refractivity contribution in [2.24, 2.45) is 11.7 Å². The van der Waals surface area contributed by atoms with Gasteiger partial charge in [0.05, 0.1) is 5.56 Å². The second kappa shape index (κ2) is 6.34. The highest BCUT2D eigenvalue weighted by atomic mass is 79.9. The molecule has 1 aromatic carbocycles. The maximum atomic E-state index is 12.5. The monoisotopic (exact) mass is 362 g/mol. The molecule has 0 atom stereocenters. The zero-order valence-electron chi connectivity index (χ0n) is 12.3. The number of benzene rings is 1. The molecule has 0 spiro atoms. The fourth-order valence-corrected chi connectivity index (χ4v) is 3.53. The van der Waals surface area contributed by atoms with E-state index in [-0.39, 0.29) is 22.9 Å². The Kier molecular flexibility index (Phi) is 4.45. The van der Waals surface area contributed by atoms with Crippen molar-refractivity contribution >= 4 is 32.6 Å². The van der Waals surface area contributed by atoms with Gasteiger partial charge in [0.2, 0.25) is 0 Å². The fraction of sp³-hybridized carbons (Fsp3) is 0.412. The van der Waals surface area contributed by atoms with Crippen molar-refractivity contribution in [2.75, 3.05) is 0 Å². The summed E-state index contributed by atoms with van der Waals surface area (Å²) in [5.74, 6) is 0.286. The van der Waals surface area contributed by atoms with Crippen LogP contribution < -0.4 is 11.3 Å². The molecule has 0 amide bonds. The van der Waals surface area contributed by atoms with Gasteiger partial charge in [0.25, 0.3) is 5.56 Å². The Balaban J connectivity index is 1.84. The smallest absolute Gasteiger partial charge is 0.259 e. The van der Waals surface area contributed by atoms with Crippen molar-refractivity contribution in [3.63, 3.8) is 0 Å². The normalized spacial score (nSPS) is 21.9. The summed E-state index contributed by atoms with van der Waals surface area (Å²) >= 11 is 3.41. The van der Waals surface area contributed by atoms with E-state index in [0.717, 1.165) is 41.1 Å². The van der Waals surface area contributed by atoms with Crippen LogP contribution in [-0.2, 0) is 0 Å². The number of hydrogen-bond acceptors (Lipinski definition) is 3. The van der Waals surface area contributed by atoms with Gasteiger partial charge in [-0.2, -0.15) is 0 Å². The van der Waals surface area contributed by atoms with Crippen molar-refractivity contribution in [1.29, 1.82) is 0 Å². The summed E-state index contributed by atoms with van der Waals surface area (Å²) in [6.07, 6.45) is 4.33. The largest absolute Gasteiger partial charge is 0.328 e. The first kappa shape index (κ1) is 15.4. The summed E-state index contributed by atoms with van der Waals surface area (Å²) in [7, 11) is 0. The Morgan fingerprint density at radius 2 is 1.95 bits per heavy atom. The average molecular weight is 363 g/mol. The molecule has 1 aliphatic carbocycles. The summed E-state index contributed by atoms with van der Waals surface area (Å²) in [5, 5.41) is 0.864. The van der Waals surface area contributed by atoms with E-state index in [1.54, 1.807) is 6.07 Å². The number of hydrogen-bond donors (Lipinski definition) is 2. The van der Waals surface area contributed by atoms with Gasteiger partial charge in [0.1, 0.15) is 0 Å². The number of halogens is 1. The summed E-state index contributed by atoms with van der Waals surface area (Å²) in [4.78, 5) is 27.4. The molecule has 22 heavy (non-hydrogen) atoms. The molecular formula is C17H19BrN2O2. The highest BCUT2D eigenvalue weighted by Crippen LogP contribution is 2.27. The third kappa shape index (κ3) is 3.31. The van der Waals surface area contributed by atoms with Crippen LogP contribution in [0.4, 0.5) is 0 Å². The molecule has 4 nitrogen and oxygen atoms in total. The Morgan fingerprint density at radius 1 is 1.23 bits per heavy atom. The van der Waals surface area contributed by atoms with Crippen molar-refractivity contribution in [3.8, 4) is 0 Å². The number of carbonyl (C=O) groups is 1. The minimum Gasteiger partial charge on any atom is -0.328 e. The zero-order chi connectivity index (χ0) is 15.7. The molecule has 0 radical (unpaired) electrons. The van der Waals surface area contributed by atoms with Crippen LogP contribution in [0, 0.1) is 5.92 Å². The number of Topliss-reactive ketones (excluding diaryl/α,β-unsaturated/α-hetero) is 1. The summed E-state index contributed by atoms with van der Waals surface area (Å²) in [6, 6.07) is 7.58. The summed E-state index contributed by atoms with van der Waals surface area (Å²) in [6.45, 7) is 0. The zero-order valence-corrected chi connectivity index (χ0v) is 13.9. The van der Waals surface area contributed by atoms with E-state index in [9.17, 15) is 9.59 Å². The predicted octanol–water partition coefficient (Wildman–Crippen LogP) is 3.38. The number of fused-ring (bicyclic) bond motifs is 1. The van der Waals surface area contributed by atoms with Crippen LogP contribution in [0.1, 0.15) is 42.5 Å². The van der Waals surface area contributed by atoms with E-state index in [0.29, 0.717) is 12.3 Å². The molecule has 3 N–H and O–H groups in total. The molecule has 1 heterocycles. The highest BCUT2D eigenvalue weighted by molar-refractivity contribution is 9.10. The fourth-order valence-electron chi connectivity index (χ4n) is 3.15. The molecule has 0 aliphatic heterocycles. The van der Waals surface area contributed by atoms with Gasteiger partial charge in [-0.05, 0) is 55.9 Å². The van der Waals surface area contributed by atoms with E-state index in [1.807, 2.05) is 18.2 Å². The molecule has 1 fully saturated rings. The van der Waals surface area contributed by atoms with Gasteiger partial charge < -0.3 is 10.7 Å². The SMILES string of the molecule is NC1CCC(CC(=O)c2cc3cc(Br)ccc3[nH]c2=O)CC1. The molecule has 116 valence electrons. The standard InChI is InChI=1S/C17H19BrN2O2/c18-12-3-6-15-11(8-12)9-14(17(22)20-15)16(21)7-10-1-4-13(19)5-2-10/h3,6,8-10,13H,1-2,4-5,7,19H2,(H,20,22). The topological polar surface area (TPSA) is 76.0 Å². The first-order chi connectivity index (χ1) is 10.5. The molecule has 0 unspecified atom stereocenters. The first-order valence-electron chi connectivity index (χ1n) is 7.64. The molecule has 3 rings (SSSR count). The van der Waals surface area contributed by atoms with Crippen molar-refractivity contribution < 1.29 is 4.79 Å². The van der Waals surface area contributed by atoms with Gasteiger partial charge in [-0.3, -0.25) is 9.59 Å². The number of aromatic nitrogens is 1. The quantitative estimate of drug-likeness (QED) is 0.821. The van der Waals surface area contributed by atoms with Crippen LogP contribution in [0.25, 0.3) is 10.9 Å². The van der Waals surface area contributed by atoms with Gasteiger partial charge in [-0.1, -0.05) is 15.9 Å². The molecule has 1 saturated carbocycles. The van der Waals surface area contributed by atoms with Crippen LogP contribution in [0.15, 0.2) is 33.5 Å². The van der Waals surface area contributed by atoms with Crippen LogP contribution >= 0.6 is 15.9 Å². The van der Waals surface area contributed by atoms with Gasteiger partial charge in [-0.25, -0.2) is 0 Å². The van der Waals surface area contributed by atoms with Crippen LogP contribution in [0.3, 0.4) is 0 Å².